The van der Waals surface area contributed by atoms with E-state index >= 15 is 0 Å². The van der Waals surface area contributed by atoms with E-state index in [0.29, 0.717) is 0 Å². The maximum Gasteiger partial charge on any atom is 0.0844 e. The van der Waals surface area contributed by atoms with Gasteiger partial charge in [0.25, 0.3) is 0 Å². The van der Waals surface area contributed by atoms with Crippen molar-refractivity contribution in [1.29, 1.82) is 0 Å². The van der Waals surface area contributed by atoms with Crippen LogP contribution in [0.3, 0.4) is 0 Å². The van der Waals surface area contributed by atoms with Crippen LogP contribution in [0, 0.1) is 5.41 Å². The van der Waals surface area contributed by atoms with Crippen molar-refractivity contribution in [3.8, 4) is 0 Å². The summed E-state index contributed by atoms with van der Waals surface area (Å²) in [5.74, 6) is 5.64. The summed E-state index contributed by atoms with van der Waals surface area (Å²) in [7, 11) is 1.77. The molecule has 0 saturated carbocycles. The molecule has 14 heavy (non-hydrogen) atoms. The highest BCUT2D eigenvalue weighted by atomic mass is 16.5. The van der Waals surface area contributed by atoms with Crippen LogP contribution >= 0.6 is 0 Å². The lowest BCUT2D eigenvalue weighted by molar-refractivity contribution is -0.0757. The molecule has 86 valence electrons. The van der Waals surface area contributed by atoms with Crippen molar-refractivity contribution in [2.45, 2.75) is 59.1 Å². The van der Waals surface area contributed by atoms with Crippen molar-refractivity contribution in [2.24, 2.45) is 11.3 Å². The van der Waals surface area contributed by atoms with Crippen molar-refractivity contribution in [3.63, 3.8) is 0 Å². The summed E-state index contributed by atoms with van der Waals surface area (Å²) in [5, 5.41) is 0. The van der Waals surface area contributed by atoms with E-state index in [4.69, 9.17) is 10.6 Å². The maximum atomic E-state index is 5.67. The van der Waals surface area contributed by atoms with Gasteiger partial charge in [0, 0.05) is 7.11 Å². The molecule has 0 aromatic heterocycles. The van der Waals surface area contributed by atoms with E-state index in [1.807, 2.05) is 0 Å². The molecule has 0 amide bonds. The van der Waals surface area contributed by atoms with E-state index in [9.17, 15) is 0 Å². The van der Waals surface area contributed by atoms with E-state index < -0.39 is 0 Å². The van der Waals surface area contributed by atoms with Gasteiger partial charge in [-0.25, -0.2) is 0 Å². The first-order chi connectivity index (χ1) is 6.37. The number of rotatable bonds is 5. The Balaban J connectivity index is 4.94. The Morgan fingerprint density at radius 3 is 1.71 bits per heavy atom. The minimum atomic E-state index is -0.160. The Kier molecular flexibility index (Phi) is 5.06. The molecule has 0 aliphatic rings. The van der Waals surface area contributed by atoms with Gasteiger partial charge in [0.2, 0.25) is 0 Å². The molecule has 0 aromatic carbocycles. The molecule has 0 aliphatic heterocycles. The van der Waals surface area contributed by atoms with E-state index in [1.54, 1.807) is 7.11 Å². The molecule has 3 nitrogen and oxygen atoms in total. The number of nitrogens with two attached hydrogens (primary N) is 1. The number of ether oxygens (including phenoxy) is 1. The second-order valence-corrected chi connectivity index (χ2v) is 4.94. The fourth-order valence-electron chi connectivity index (χ4n) is 2.26. The number of hydrogen-bond donors (Lipinski definition) is 2. The average Bonchev–Trinajstić information content (AvgIpc) is 2.12. The van der Waals surface area contributed by atoms with E-state index in [2.05, 4.69) is 40.0 Å². The Bertz CT molecular complexity index is 151. The Morgan fingerprint density at radius 2 is 1.64 bits per heavy atom. The molecule has 0 aromatic rings. The van der Waals surface area contributed by atoms with Crippen LogP contribution in [-0.4, -0.2) is 18.8 Å². The fraction of sp³-hybridized carbons (Fsp3) is 1.00. The van der Waals surface area contributed by atoms with Crippen LogP contribution in [-0.2, 0) is 4.74 Å². The summed E-state index contributed by atoms with van der Waals surface area (Å²) in [4.78, 5) is 0. The van der Waals surface area contributed by atoms with Crippen molar-refractivity contribution in [2.75, 3.05) is 7.11 Å². The van der Waals surface area contributed by atoms with Gasteiger partial charge >= 0.3 is 0 Å². The summed E-state index contributed by atoms with van der Waals surface area (Å²) in [6.07, 6.45) is 1.93. The molecule has 0 heterocycles. The van der Waals surface area contributed by atoms with E-state index in [-0.39, 0.29) is 17.1 Å². The number of methoxy groups -OCH3 is 1. The zero-order chi connectivity index (χ0) is 11.4. The summed E-state index contributed by atoms with van der Waals surface area (Å²) < 4.78 is 5.67. The predicted octanol–water partition coefficient (Wildman–Crippen LogP) is 2.07. The van der Waals surface area contributed by atoms with Gasteiger partial charge in [0.05, 0.1) is 11.6 Å². The highest BCUT2D eigenvalue weighted by Gasteiger charge is 2.42. The summed E-state index contributed by atoms with van der Waals surface area (Å²) >= 11 is 0. The standard InChI is InChI=1S/C11H26N2O/c1-7-11(8-2,14-6)9(13-12)10(3,4)5/h9,13H,7-8,12H2,1-6H3. The molecule has 0 spiro atoms. The monoisotopic (exact) mass is 202 g/mol. The van der Waals surface area contributed by atoms with E-state index in [0.717, 1.165) is 12.8 Å². The smallest absolute Gasteiger partial charge is 0.0844 e. The van der Waals surface area contributed by atoms with Crippen molar-refractivity contribution in [1.82, 2.24) is 5.43 Å². The molecule has 0 aliphatic carbocycles. The van der Waals surface area contributed by atoms with Gasteiger partial charge in [-0.15, -0.1) is 0 Å². The van der Waals surface area contributed by atoms with Crippen LogP contribution in [0.5, 0.6) is 0 Å². The van der Waals surface area contributed by atoms with Gasteiger partial charge in [-0.3, -0.25) is 11.3 Å². The van der Waals surface area contributed by atoms with Crippen LogP contribution < -0.4 is 11.3 Å². The predicted molar refractivity (Wildman–Crippen MR) is 60.9 cm³/mol. The van der Waals surface area contributed by atoms with Crippen molar-refractivity contribution < 1.29 is 4.74 Å². The first-order valence-corrected chi connectivity index (χ1v) is 5.39. The second kappa shape index (κ2) is 5.10. The average molecular weight is 202 g/mol. The number of hydrogen-bond acceptors (Lipinski definition) is 3. The van der Waals surface area contributed by atoms with Crippen molar-refractivity contribution in [3.05, 3.63) is 0 Å². The Morgan fingerprint density at radius 1 is 1.21 bits per heavy atom. The number of nitrogens with one attached hydrogen (secondary N) is 1. The minimum Gasteiger partial charge on any atom is -0.377 e. The number of hydrazine groups is 1. The molecular formula is C11H26N2O. The lowest BCUT2D eigenvalue weighted by atomic mass is 9.74. The quantitative estimate of drug-likeness (QED) is 0.530. The van der Waals surface area contributed by atoms with E-state index in [1.165, 1.54) is 0 Å². The molecule has 0 rings (SSSR count). The molecule has 1 atom stereocenters. The molecular weight excluding hydrogens is 176 g/mol. The van der Waals surface area contributed by atoms with Gasteiger partial charge in [-0.05, 0) is 18.3 Å². The minimum absolute atomic E-state index is 0.0940. The first kappa shape index (κ1) is 13.9. The second-order valence-electron chi connectivity index (χ2n) is 4.94. The zero-order valence-electron chi connectivity index (χ0n) is 10.5. The Hall–Kier alpha value is -0.120. The first-order valence-electron chi connectivity index (χ1n) is 5.39. The summed E-state index contributed by atoms with van der Waals surface area (Å²) in [5.41, 5.74) is 2.85. The summed E-state index contributed by atoms with van der Waals surface area (Å²) in [6, 6.07) is 0.162. The van der Waals surface area contributed by atoms with Crippen LogP contribution in [0.4, 0.5) is 0 Å². The highest BCUT2D eigenvalue weighted by Crippen LogP contribution is 2.34. The molecule has 1 unspecified atom stereocenters. The third kappa shape index (κ3) is 2.69. The lowest BCUT2D eigenvalue weighted by Gasteiger charge is -2.45. The molecule has 3 N–H and O–H groups in total. The molecule has 3 heteroatoms. The third-order valence-corrected chi connectivity index (χ3v) is 3.16. The molecule has 0 saturated heterocycles. The SMILES string of the molecule is CCC(CC)(OC)C(NN)C(C)(C)C. The Labute approximate surface area is 88.4 Å². The summed E-state index contributed by atoms with van der Waals surface area (Å²) in [6.45, 7) is 10.8. The fourth-order valence-corrected chi connectivity index (χ4v) is 2.26. The topological polar surface area (TPSA) is 47.3 Å². The molecule has 0 bridgehead atoms. The van der Waals surface area contributed by atoms with Crippen molar-refractivity contribution >= 4 is 0 Å². The van der Waals surface area contributed by atoms with Crippen LogP contribution in [0.2, 0.25) is 0 Å². The molecule has 0 fully saturated rings. The van der Waals surface area contributed by atoms with Gasteiger partial charge in [-0.1, -0.05) is 34.6 Å². The van der Waals surface area contributed by atoms with Crippen LogP contribution in [0.15, 0.2) is 0 Å². The van der Waals surface area contributed by atoms with Crippen LogP contribution in [0.1, 0.15) is 47.5 Å². The van der Waals surface area contributed by atoms with Gasteiger partial charge in [-0.2, -0.15) is 0 Å². The zero-order valence-corrected chi connectivity index (χ0v) is 10.5. The van der Waals surface area contributed by atoms with Crippen LogP contribution in [0.25, 0.3) is 0 Å². The largest absolute Gasteiger partial charge is 0.377 e. The van der Waals surface area contributed by atoms with Gasteiger partial charge < -0.3 is 4.74 Å². The van der Waals surface area contributed by atoms with Gasteiger partial charge in [0.15, 0.2) is 0 Å². The lowest BCUT2D eigenvalue weighted by Crippen LogP contribution is -2.60. The third-order valence-electron chi connectivity index (χ3n) is 3.16. The van der Waals surface area contributed by atoms with Gasteiger partial charge in [0.1, 0.15) is 0 Å². The maximum absolute atomic E-state index is 5.67. The normalized spacial score (nSPS) is 15.6. The highest BCUT2D eigenvalue weighted by molar-refractivity contribution is 4.96. The molecule has 0 radical (unpaired) electrons.